The van der Waals surface area contributed by atoms with Crippen molar-refractivity contribution in [3.8, 4) is 12.3 Å². The molecule has 1 aromatic carbocycles. The van der Waals surface area contributed by atoms with E-state index >= 15 is 0 Å². The smallest absolute Gasteiger partial charge is 0.223 e. The first-order valence-corrected chi connectivity index (χ1v) is 7.36. The number of aliphatic hydroxyl groups excluding tert-OH is 1. The summed E-state index contributed by atoms with van der Waals surface area (Å²) >= 11 is 0. The molecule has 1 aromatic rings. The van der Waals surface area contributed by atoms with Crippen molar-refractivity contribution in [1.82, 2.24) is 10.2 Å². The Morgan fingerprint density at radius 1 is 1.38 bits per heavy atom. The van der Waals surface area contributed by atoms with E-state index in [-0.39, 0.29) is 24.5 Å². The summed E-state index contributed by atoms with van der Waals surface area (Å²) in [6, 6.07) is 9.22. The first kappa shape index (κ1) is 15.6. The average molecular weight is 286 g/mol. The van der Waals surface area contributed by atoms with Crippen molar-refractivity contribution in [3.63, 3.8) is 0 Å². The number of nitrogens with one attached hydrogen (secondary N) is 1. The number of piperidine rings is 1. The number of carbonyl (C=O) groups excluding carboxylic acids is 1. The first-order valence-electron chi connectivity index (χ1n) is 7.36. The Morgan fingerprint density at radius 3 is 2.62 bits per heavy atom. The van der Waals surface area contributed by atoms with Crippen molar-refractivity contribution in [2.75, 3.05) is 26.2 Å². The minimum Gasteiger partial charge on any atom is -0.394 e. The predicted molar refractivity (Wildman–Crippen MR) is 82.4 cm³/mol. The summed E-state index contributed by atoms with van der Waals surface area (Å²) < 4.78 is 0. The summed E-state index contributed by atoms with van der Waals surface area (Å²) in [5.41, 5.74) is 0.929. The van der Waals surface area contributed by atoms with E-state index in [1.165, 1.54) is 0 Å². The molecule has 1 saturated heterocycles. The number of hydrogen-bond donors (Lipinski definition) is 2. The van der Waals surface area contributed by atoms with E-state index in [2.05, 4.69) is 16.1 Å². The summed E-state index contributed by atoms with van der Waals surface area (Å²) in [5.74, 6) is 2.67. The number of benzene rings is 1. The molecule has 4 nitrogen and oxygen atoms in total. The van der Waals surface area contributed by atoms with E-state index < -0.39 is 0 Å². The van der Waals surface area contributed by atoms with Crippen molar-refractivity contribution in [3.05, 3.63) is 35.9 Å². The highest BCUT2D eigenvalue weighted by Crippen LogP contribution is 2.19. The molecule has 112 valence electrons. The molecule has 0 aromatic heterocycles. The molecule has 0 unspecified atom stereocenters. The third-order valence-corrected chi connectivity index (χ3v) is 3.97. The van der Waals surface area contributed by atoms with Gasteiger partial charge < -0.3 is 10.4 Å². The average Bonchev–Trinajstić information content (AvgIpc) is 2.54. The van der Waals surface area contributed by atoms with Gasteiger partial charge >= 0.3 is 0 Å². The topological polar surface area (TPSA) is 52.6 Å². The molecule has 0 saturated carbocycles. The number of terminal acetylenes is 1. The zero-order valence-electron chi connectivity index (χ0n) is 12.2. The maximum absolute atomic E-state index is 12.3. The Morgan fingerprint density at radius 2 is 2.05 bits per heavy atom. The maximum atomic E-state index is 12.3. The Bertz CT molecular complexity index is 487. The molecule has 2 rings (SSSR count). The molecule has 1 amide bonds. The van der Waals surface area contributed by atoms with Crippen molar-refractivity contribution < 1.29 is 9.90 Å². The molecule has 0 radical (unpaired) electrons. The molecule has 2 N–H and O–H groups in total. The van der Waals surface area contributed by atoms with Crippen LogP contribution in [0.5, 0.6) is 0 Å². The minimum atomic E-state index is -0.331. The van der Waals surface area contributed by atoms with Gasteiger partial charge in [0.1, 0.15) is 0 Å². The number of aliphatic hydroxyl groups is 1. The molecule has 1 aliphatic heterocycles. The molecule has 1 atom stereocenters. The number of hydrogen-bond acceptors (Lipinski definition) is 3. The minimum absolute atomic E-state index is 0.0109. The van der Waals surface area contributed by atoms with E-state index in [4.69, 9.17) is 6.42 Å². The van der Waals surface area contributed by atoms with Crippen molar-refractivity contribution >= 4 is 5.91 Å². The Balaban J connectivity index is 1.88. The normalized spacial score (nSPS) is 17.9. The lowest BCUT2D eigenvalue weighted by Gasteiger charge is -2.30. The summed E-state index contributed by atoms with van der Waals surface area (Å²) in [4.78, 5) is 14.5. The SMILES string of the molecule is C#CCN1CCC(C(=O)N[C@H](CO)c2ccccc2)CC1. The largest absolute Gasteiger partial charge is 0.394 e. The summed E-state index contributed by atoms with van der Waals surface area (Å²) in [6.07, 6.45) is 6.94. The highest BCUT2D eigenvalue weighted by atomic mass is 16.3. The van der Waals surface area contributed by atoms with Crippen LogP contribution in [0.4, 0.5) is 0 Å². The molecular weight excluding hydrogens is 264 g/mol. The second kappa shape index (κ2) is 7.82. The van der Waals surface area contributed by atoms with Crippen LogP contribution in [-0.2, 0) is 4.79 Å². The third-order valence-electron chi connectivity index (χ3n) is 3.97. The molecule has 0 aliphatic carbocycles. The Hall–Kier alpha value is -1.83. The quantitative estimate of drug-likeness (QED) is 0.799. The monoisotopic (exact) mass is 286 g/mol. The van der Waals surface area contributed by atoms with Crippen LogP contribution >= 0.6 is 0 Å². The van der Waals surface area contributed by atoms with Gasteiger partial charge in [0.25, 0.3) is 0 Å². The van der Waals surface area contributed by atoms with E-state index in [1.807, 2.05) is 30.3 Å². The molecule has 1 aliphatic rings. The van der Waals surface area contributed by atoms with Gasteiger partial charge in [-0.05, 0) is 31.5 Å². The van der Waals surface area contributed by atoms with Crippen LogP contribution in [0.3, 0.4) is 0 Å². The van der Waals surface area contributed by atoms with E-state index in [0.717, 1.165) is 31.5 Å². The molecule has 4 heteroatoms. The lowest BCUT2D eigenvalue weighted by atomic mass is 9.95. The number of rotatable bonds is 5. The zero-order valence-corrected chi connectivity index (χ0v) is 12.2. The summed E-state index contributed by atoms with van der Waals surface area (Å²) in [6.45, 7) is 2.28. The highest BCUT2D eigenvalue weighted by Gasteiger charge is 2.26. The zero-order chi connectivity index (χ0) is 15.1. The fourth-order valence-electron chi connectivity index (χ4n) is 2.69. The standard InChI is InChI=1S/C17H22N2O2/c1-2-10-19-11-8-15(9-12-19)17(21)18-16(13-20)14-6-4-3-5-7-14/h1,3-7,15-16,20H,8-13H2,(H,18,21)/t16-/m1/s1. The highest BCUT2D eigenvalue weighted by molar-refractivity contribution is 5.79. The number of likely N-dealkylation sites (tertiary alicyclic amines) is 1. The molecule has 0 bridgehead atoms. The van der Waals surface area contributed by atoms with Crippen LogP contribution in [0, 0.1) is 18.3 Å². The van der Waals surface area contributed by atoms with Crippen molar-refractivity contribution in [2.45, 2.75) is 18.9 Å². The van der Waals surface area contributed by atoms with Crippen LogP contribution in [0.15, 0.2) is 30.3 Å². The molecule has 0 spiro atoms. The number of nitrogens with zero attached hydrogens (tertiary/aromatic N) is 1. The van der Waals surface area contributed by atoms with Gasteiger partial charge in [-0.1, -0.05) is 36.3 Å². The molecule has 21 heavy (non-hydrogen) atoms. The fraction of sp³-hybridized carbons (Fsp3) is 0.471. The van der Waals surface area contributed by atoms with Crippen molar-refractivity contribution in [1.29, 1.82) is 0 Å². The van der Waals surface area contributed by atoms with Crippen LogP contribution < -0.4 is 5.32 Å². The van der Waals surface area contributed by atoms with Gasteiger partial charge in [-0.25, -0.2) is 0 Å². The van der Waals surface area contributed by atoms with Crippen LogP contribution in [0.25, 0.3) is 0 Å². The van der Waals surface area contributed by atoms with Crippen LogP contribution in [-0.4, -0.2) is 42.2 Å². The molecule has 1 heterocycles. The van der Waals surface area contributed by atoms with Crippen LogP contribution in [0.2, 0.25) is 0 Å². The predicted octanol–water partition coefficient (Wildman–Crippen LogP) is 1.18. The van der Waals surface area contributed by atoms with Gasteiger partial charge in [0.05, 0.1) is 19.2 Å². The third kappa shape index (κ3) is 4.32. The van der Waals surface area contributed by atoms with E-state index in [9.17, 15) is 9.90 Å². The molecule has 1 fully saturated rings. The lowest BCUT2D eigenvalue weighted by molar-refractivity contribution is -0.127. The molecular formula is C17H22N2O2. The Labute approximate surface area is 126 Å². The van der Waals surface area contributed by atoms with Gasteiger partial charge in [0.2, 0.25) is 5.91 Å². The number of amides is 1. The maximum Gasteiger partial charge on any atom is 0.223 e. The second-order valence-electron chi connectivity index (χ2n) is 5.41. The van der Waals surface area contributed by atoms with E-state index in [1.54, 1.807) is 0 Å². The summed E-state index contributed by atoms with van der Waals surface area (Å²) in [5, 5.41) is 12.4. The van der Waals surface area contributed by atoms with Gasteiger partial charge in [-0.2, -0.15) is 0 Å². The number of carbonyl (C=O) groups is 1. The van der Waals surface area contributed by atoms with Crippen LogP contribution in [0.1, 0.15) is 24.4 Å². The van der Waals surface area contributed by atoms with Gasteiger partial charge in [0.15, 0.2) is 0 Å². The summed E-state index contributed by atoms with van der Waals surface area (Å²) in [7, 11) is 0. The second-order valence-corrected chi connectivity index (χ2v) is 5.41. The van der Waals surface area contributed by atoms with Gasteiger partial charge in [-0.15, -0.1) is 6.42 Å². The van der Waals surface area contributed by atoms with Crippen molar-refractivity contribution in [2.24, 2.45) is 5.92 Å². The first-order chi connectivity index (χ1) is 10.2. The fourth-order valence-corrected chi connectivity index (χ4v) is 2.69. The van der Waals surface area contributed by atoms with Gasteiger partial charge in [-0.3, -0.25) is 9.69 Å². The van der Waals surface area contributed by atoms with Gasteiger partial charge in [0, 0.05) is 5.92 Å². The Kier molecular flexibility index (Phi) is 5.79. The lowest BCUT2D eigenvalue weighted by Crippen LogP contribution is -2.42. The van der Waals surface area contributed by atoms with E-state index in [0.29, 0.717) is 6.54 Å².